The molecule has 1 amide bonds. The van der Waals surface area contributed by atoms with E-state index in [1.807, 2.05) is 0 Å². The van der Waals surface area contributed by atoms with Gasteiger partial charge in [0.05, 0.1) is 13.0 Å². The number of benzene rings is 1. The molecule has 1 aromatic rings. The topological polar surface area (TPSA) is 49.4 Å². The van der Waals surface area contributed by atoms with Gasteiger partial charge in [0.1, 0.15) is 0 Å². The van der Waals surface area contributed by atoms with Gasteiger partial charge in [-0.15, -0.1) is 0 Å². The van der Waals surface area contributed by atoms with Crippen LogP contribution in [0.15, 0.2) is 18.2 Å². The number of hydrogen-bond acceptors (Lipinski definition) is 3. The van der Waals surface area contributed by atoms with E-state index in [9.17, 15) is 22.2 Å². The molecule has 21 heavy (non-hydrogen) atoms. The van der Waals surface area contributed by atoms with Crippen LogP contribution in [-0.4, -0.2) is 25.0 Å². The molecule has 0 bridgehead atoms. The molecule has 0 heterocycles. The molecule has 0 atom stereocenters. The van der Waals surface area contributed by atoms with Crippen LogP contribution in [0.4, 0.5) is 18.9 Å². The van der Waals surface area contributed by atoms with Gasteiger partial charge in [-0.2, -0.15) is 37.6 Å². The van der Waals surface area contributed by atoms with Crippen LogP contribution in [-0.2, 0) is 58.8 Å². The Morgan fingerprint density at radius 3 is 2.48 bits per heavy atom. The van der Waals surface area contributed by atoms with Crippen molar-refractivity contribution >= 4 is 28.5 Å². The van der Waals surface area contributed by atoms with Gasteiger partial charge in [0, 0.05) is 32.7 Å². The molecule has 0 aromatic heterocycles. The zero-order chi connectivity index (χ0) is 15.3. The molecular weight excluding hydrogens is 382 g/mol. The van der Waals surface area contributed by atoms with Gasteiger partial charge >= 0.3 is 6.18 Å². The van der Waals surface area contributed by atoms with Crippen molar-refractivity contribution in [3.63, 3.8) is 0 Å². The van der Waals surface area contributed by atoms with Crippen LogP contribution in [0.1, 0.15) is 11.1 Å². The number of rotatable bonds is 6. The first-order valence-electron chi connectivity index (χ1n) is 5.35. The van der Waals surface area contributed by atoms with E-state index in [-0.39, 0.29) is 50.5 Å². The average molecular weight is 394 g/mol. The van der Waals surface area contributed by atoms with Crippen molar-refractivity contribution in [2.24, 2.45) is 0 Å². The second kappa shape index (κ2) is 8.77. The summed E-state index contributed by atoms with van der Waals surface area (Å²) in [4.78, 5) is 11.1. The summed E-state index contributed by atoms with van der Waals surface area (Å²) in [5.41, 5.74) is 0.928. The molecule has 115 valence electrons. The summed E-state index contributed by atoms with van der Waals surface area (Å²) in [7, 11) is -1.44. The Morgan fingerprint density at radius 1 is 1.43 bits per heavy atom. The van der Waals surface area contributed by atoms with Crippen molar-refractivity contribution < 1.29 is 54.9 Å². The third-order valence-electron chi connectivity index (χ3n) is 2.32. The van der Waals surface area contributed by atoms with E-state index in [1.54, 1.807) is 0 Å². The predicted molar refractivity (Wildman–Crippen MR) is 72.0 cm³/mol. The molecule has 0 aliphatic rings. The van der Waals surface area contributed by atoms with Crippen LogP contribution in [0, 0.1) is 6.92 Å². The maximum atomic E-state index is 12.3. The second-order valence-corrected chi connectivity index (χ2v) is 4.90. The fraction of sp³-hybridized carbons (Fsp3) is 0.250. The van der Waals surface area contributed by atoms with Crippen LogP contribution >= 0.6 is 0 Å². The van der Waals surface area contributed by atoms with Gasteiger partial charge in [0.2, 0.25) is 0 Å². The fourth-order valence-corrected chi connectivity index (χ4v) is 1.85. The molecule has 1 aromatic carbocycles. The molecule has 0 aliphatic carbocycles. The van der Waals surface area contributed by atoms with Crippen LogP contribution in [0.3, 0.4) is 0 Å². The molecule has 0 fully saturated rings. The molecule has 0 spiro atoms. The third kappa shape index (κ3) is 7.31. The molecule has 0 saturated heterocycles. The Hall–Kier alpha value is -0.566. The first kappa shape index (κ1) is 20.4. The molecule has 4 nitrogen and oxygen atoms in total. The number of hydrogen-bond donors (Lipinski definition) is 1. The smallest absolute Gasteiger partial charge is 0.403 e. The van der Waals surface area contributed by atoms with E-state index in [0.717, 1.165) is 0 Å². The van der Waals surface area contributed by atoms with Crippen LogP contribution in [0.25, 0.3) is 0 Å². The Morgan fingerprint density at radius 2 is 2.05 bits per heavy atom. The summed E-state index contributed by atoms with van der Waals surface area (Å²) >= 11 is 0. The van der Waals surface area contributed by atoms with Gasteiger partial charge in [-0.25, -0.2) is 10.6 Å². The fourth-order valence-electron chi connectivity index (χ4n) is 1.52. The van der Waals surface area contributed by atoms with Gasteiger partial charge < -0.3 is 18.6 Å². The largest absolute Gasteiger partial charge is 0.448 e. The minimum Gasteiger partial charge on any atom is -0.448 e. The van der Waals surface area contributed by atoms with E-state index in [4.69, 9.17) is 0 Å². The minimum absolute atomic E-state index is 0. The number of anilines is 1. The quantitative estimate of drug-likeness (QED) is 0.346. The van der Waals surface area contributed by atoms with Gasteiger partial charge in [0.25, 0.3) is 0 Å². The molecule has 0 saturated carbocycles. The maximum absolute atomic E-state index is 12.3. The molecule has 1 radical (unpaired) electrons. The van der Waals surface area contributed by atoms with E-state index < -0.39 is 23.3 Å². The molecule has 1 rings (SSSR count). The van der Waals surface area contributed by atoms with E-state index in [0.29, 0.717) is 10.5 Å². The minimum atomic E-state index is -4.52. The number of alkyl halides is 3. The Bertz CT molecular complexity index is 554. The van der Waals surface area contributed by atoms with Gasteiger partial charge in [-0.1, -0.05) is 23.4 Å². The summed E-state index contributed by atoms with van der Waals surface area (Å²) < 4.78 is 50.2. The van der Waals surface area contributed by atoms with Gasteiger partial charge in [-0.05, 0) is 6.54 Å². The maximum Gasteiger partial charge on any atom is 0.403 e. The van der Waals surface area contributed by atoms with Crippen molar-refractivity contribution in [3.8, 4) is 0 Å². The summed E-state index contributed by atoms with van der Waals surface area (Å²) in [5, 5.41) is 0. The molecule has 0 aliphatic heterocycles. The SMILES string of the molecule is C=[S-](=O)NCc1ccc(N([C-]=O)CC(F)(F)F)c([CH2-])c1.[Y]. The summed E-state index contributed by atoms with van der Waals surface area (Å²) in [6, 6.07) is 4.34. The molecular formula is C12H12F3N2O2SY-3. The monoisotopic (exact) mass is 394 g/mol. The normalized spacial score (nSPS) is 11.0. The Balaban J connectivity index is 0.00000400. The Labute approximate surface area is 148 Å². The number of carbonyl (C=O) groups excluding carboxylic acids is 1. The van der Waals surface area contributed by atoms with Crippen LogP contribution < -0.4 is 9.62 Å². The summed E-state index contributed by atoms with van der Waals surface area (Å²) in [6.07, 6.45) is -3.28. The Kier molecular flexibility index (Phi) is 8.54. The third-order valence-corrected chi connectivity index (χ3v) is 2.79. The van der Waals surface area contributed by atoms with Gasteiger partial charge in [0.15, 0.2) is 0 Å². The van der Waals surface area contributed by atoms with Crippen molar-refractivity contribution in [2.45, 2.75) is 12.7 Å². The summed E-state index contributed by atoms with van der Waals surface area (Å²) in [6.45, 7) is 2.39. The molecule has 9 heteroatoms. The standard InChI is InChI=1S/C12H12F3N2O2S.Y/c1-9-5-10(6-16-20(2)19)3-4-11(9)17(8-18)7-12(13,14)15;/h3-5H,1-2,6-7H2,(H,16,19);/q-3;. The number of nitrogens with one attached hydrogen (secondary N) is 1. The first-order valence-corrected chi connectivity index (χ1v) is 6.67. The number of halogens is 3. The van der Waals surface area contributed by atoms with Crippen molar-refractivity contribution in [1.82, 2.24) is 4.72 Å². The van der Waals surface area contributed by atoms with Crippen molar-refractivity contribution in [2.75, 3.05) is 11.4 Å². The van der Waals surface area contributed by atoms with Crippen molar-refractivity contribution in [1.29, 1.82) is 0 Å². The zero-order valence-corrected chi connectivity index (χ0v) is 14.6. The number of nitrogens with zero attached hydrogens (tertiary/aromatic N) is 1. The van der Waals surface area contributed by atoms with Gasteiger partial charge in [-0.3, -0.25) is 0 Å². The molecule has 0 unspecified atom stereocenters. The van der Waals surface area contributed by atoms with Crippen LogP contribution in [0.2, 0.25) is 0 Å². The van der Waals surface area contributed by atoms with E-state index >= 15 is 0 Å². The van der Waals surface area contributed by atoms with Crippen LogP contribution in [0.5, 0.6) is 0 Å². The predicted octanol–water partition coefficient (Wildman–Crippen LogP) is 1.70. The van der Waals surface area contributed by atoms with E-state index in [1.165, 1.54) is 24.6 Å². The summed E-state index contributed by atoms with van der Waals surface area (Å²) in [5.74, 6) is 3.24. The number of amides is 1. The first-order chi connectivity index (χ1) is 9.23. The van der Waals surface area contributed by atoms with Crippen molar-refractivity contribution in [3.05, 3.63) is 36.2 Å². The second-order valence-electron chi connectivity index (χ2n) is 3.92. The molecule has 1 N–H and O–H groups in total. The van der Waals surface area contributed by atoms with E-state index in [2.05, 4.69) is 17.5 Å². The average Bonchev–Trinajstić information content (AvgIpc) is 2.33. The zero-order valence-electron chi connectivity index (χ0n) is 10.9.